The maximum absolute atomic E-state index is 6.12. The molecule has 0 fully saturated rings. The third kappa shape index (κ3) is 12.3. The van der Waals surface area contributed by atoms with Crippen molar-refractivity contribution in [1.82, 2.24) is 5.32 Å². The fraction of sp³-hybridized carbons (Fsp3) is 0.760. The van der Waals surface area contributed by atoms with Crippen molar-refractivity contribution < 1.29 is 9.47 Å². The molecule has 1 N–H and O–H groups in total. The number of rotatable bonds is 17. The van der Waals surface area contributed by atoms with Crippen molar-refractivity contribution in [3.05, 3.63) is 23.8 Å². The summed E-state index contributed by atoms with van der Waals surface area (Å²) in [5, 5.41) is 3.59. The molecule has 0 amide bonds. The zero-order valence-corrected chi connectivity index (χ0v) is 19.2. The van der Waals surface area contributed by atoms with Crippen LogP contribution in [0.15, 0.2) is 18.2 Å². The number of benzene rings is 1. The molecule has 0 unspecified atom stereocenters. The van der Waals surface area contributed by atoms with E-state index in [1.165, 1.54) is 44.1 Å². The van der Waals surface area contributed by atoms with Gasteiger partial charge in [-0.3, -0.25) is 0 Å². The van der Waals surface area contributed by atoms with Crippen LogP contribution in [0.1, 0.15) is 91.5 Å². The molecule has 1 aromatic rings. The van der Waals surface area contributed by atoms with Gasteiger partial charge in [-0.15, -0.1) is 0 Å². The molecule has 3 nitrogen and oxygen atoms in total. The first kappa shape index (κ1) is 24.8. The molecule has 0 saturated heterocycles. The van der Waals surface area contributed by atoms with Crippen LogP contribution in [0.5, 0.6) is 11.5 Å². The van der Waals surface area contributed by atoms with Crippen LogP contribution in [0.2, 0.25) is 0 Å². The molecule has 1 rings (SSSR count). The van der Waals surface area contributed by atoms with Crippen LogP contribution in [-0.2, 0) is 6.54 Å². The summed E-state index contributed by atoms with van der Waals surface area (Å²) in [7, 11) is 0. The summed E-state index contributed by atoms with van der Waals surface area (Å²) >= 11 is 0. The highest BCUT2D eigenvalue weighted by Gasteiger charge is 2.08. The molecule has 162 valence electrons. The Bertz CT molecular complexity index is 499. The molecular weight excluding hydrogens is 346 g/mol. The third-order valence-corrected chi connectivity index (χ3v) is 4.98. The first-order valence-corrected chi connectivity index (χ1v) is 11.6. The molecule has 0 spiro atoms. The van der Waals surface area contributed by atoms with E-state index in [4.69, 9.17) is 9.47 Å². The Balaban J connectivity index is 2.49. The average Bonchev–Trinajstić information content (AvgIpc) is 2.64. The van der Waals surface area contributed by atoms with Gasteiger partial charge in [0.2, 0.25) is 0 Å². The normalized spacial score (nSPS) is 11.4. The van der Waals surface area contributed by atoms with Crippen molar-refractivity contribution in [3.63, 3.8) is 0 Å². The van der Waals surface area contributed by atoms with Gasteiger partial charge in [0.1, 0.15) is 11.5 Å². The van der Waals surface area contributed by atoms with Gasteiger partial charge in [-0.25, -0.2) is 0 Å². The average molecular weight is 392 g/mol. The van der Waals surface area contributed by atoms with E-state index in [1.807, 2.05) is 0 Å². The van der Waals surface area contributed by atoms with Crippen molar-refractivity contribution in [3.8, 4) is 11.5 Å². The van der Waals surface area contributed by atoms with E-state index in [2.05, 4.69) is 58.1 Å². The van der Waals surface area contributed by atoms with Gasteiger partial charge in [-0.1, -0.05) is 72.8 Å². The predicted molar refractivity (Wildman–Crippen MR) is 121 cm³/mol. The lowest BCUT2D eigenvalue weighted by Crippen LogP contribution is -2.16. The largest absolute Gasteiger partial charge is 0.493 e. The van der Waals surface area contributed by atoms with Crippen LogP contribution in [0.4, 0.5) is 0 Å². The highest BCUT2D eigenvalue weighted by Crippen LogP contribution is 2.26. The van der Waals surface area contributed by atoms with Crippen LogP contribution < -0.4 is 14.8 Å². The molecule has 0 aromatic heterocycles. The van der Waals surface area contributed by atoms with Crippen LogP contribution in [0.3, 0.4) is 0 Å². The Morgan fingerprint density at radius 3 is 2.14 bits per heavy atom. The monoisotopic (exact) mass is 391 g/mol. The molecule has 0 saturated carbocycles. The van der Waals surface area contributed by atoms with E-state index in [0.717, 1.165) is 50.6 Å². The second-order valence-electron chi connectivity index (χ2n) is 8.78. The highest BCUT2D eigenvalue weighted by molar-refractivity contribution is 5.40. The lowest BCUT2D eigenvalue weighted by Gasteiger charge is -2.16. The lowest BCUT2D eigenvalue weighted by molar-refractivity contribution is 0.274. The zero-order valence-electron chi connectivity index (χ0n) is 19.2. The lowest BCUT2D eigenvalue weighted by atomic mass is 10.1. The molecular formula is C25H45NO2. The fourth-order valence-electron chi connectivity index (χ4n) is 2.98. The summed E-state index contributed by atoms with van der Waals surface area (Å²) in [6.07, 6.45) is 10.2. The second-order valence-corrected chi connectivity index (χ2v) is 8.78. The summed E-state index contributed by atoms with van der Waals surface area (Å²) < 4.78 is 12.0. The van der Waals surface area contributed by atoms with E-state index in [9.17, 15) is 0 Å². The molecule has 0 radical (unpaired) electrons. The summed E-state index contributed by atoms with van der Waals surface area (Å²) in [6.45, 7) is 14.6. The second kappa shape index (κ2) is 15.7. The first-order valence-electron chi connectivity index (χ1n) is 11.6. The summed E-state index contributed by atoms with van der Waals surface area (Å²) in [5.41, 5.74) is 1.23. The van der Waals surface area contributed by atoms with Gasteiger partial charge in [-0.05, 0) is 43.7 Å². The summed E-state index contributed by atoms with van der Waals surface area (Å²) in [5.74, 6) is 3.20. The molecule has 0 aliphatic heterocycles. The Morgan fingerprint density at radius 1 is 0.821 bits per heavy atom. The van der Waals surface area contributed by atoms with E-state index in [1.54, 1.807) is 0 Å². The molecule has 3 heteroatoms. The minimum absolute atomic E-state index is 0.653. The molecule has 0 aliphatic carbocycles. The van der Waals surface area contributed by atoms with Gasteiger partial charge in [0, 0.05) is 18.2 Å². The Hall–Kier alpha value is -1.22. The van der Waals surface area contributed by atoms with Crippen molar-refractivity contribution >= 4 is 0 Å². The van der Waals surface area contributed by atoms with Crippen LogP contribution in [-0.4, -0.2) is 19.8 Å². The summed E-state index contributed by atoms with van der Waals surface area (Å²) in [4.78, 5) is 0. The molecule has 0 heterocycles. The van der Waals surface area contributed by atoms with Crippen molar-refractivity contribution in [2.45, 2.75) is 92.5 Å². The minimum Gasteiger partial charge on any atom is -0.493 e. The Labute approximate surface area is 174 Å². The van der Waals surface area contributed by atoms with E-state index in [0.29, 0.717) is 11.8 Å². The molecule has 0 atom stereocenters. The van der Waals surface area contributed by atoms with E-state index < -0.39 is 0 Å². The molecule has 28 heavy (non-hydrogen) atoms. The SMILES string of the molecule is CCCCCCCCNCc1ccc(OCCC(C)C)cc1OCCC(C)C. The predicted octanol–water partition coefficient (Wildman–Crippen LogP) is 6.99. The van der Waals surface area contributed by atoms with Crippen molar-refractivity contribution in [2.24, 2.45) is 11.8 Å². The number of hydrogen-bond donors (Lipinski definition) is 1. The number of nitrogens with one attached hydrogen (secondary N) is 1. The van der Waals surface area contributed by atoms with Crippen LogP contribution in [0, 0.1) is 11.8 Å². The molecule has 0 bridgehead atoms. The van der Waals surface area contributed by atoms with Gasteiger partial charge < -0.3 is 14.8 Å². The first-order chi connectivity index (χ1) is 13.5. The quantitative estimate of drug-likeness (QED) is 0.290. The van der Waals surface area contributed by atoms with Crippen LogP contribution in [0.25, 0.3) is 0 Å². The van der Waals surface area contributed by atoms with Gasteiger partial charge in [-0.2, -0.15) is 0 Å². The van der Waals surface area contributed by atoms with Crippen molar-refractivity contribution in [2.75, 3.05) is 19.8 Å². The standard InChI is InChI=1S/C25H45NO2/c1-6-7-8-9-10-11-16-26-20-23-12-13-24(27-17-14-21(2)3)19-25(23)28-18-15-22(4)5/h12-13,19,21-22,26H,6-11,14-18,20H2,1-5H3. The molecule has 1 aromatic carbocycles. The maximum Gasteiger partial charge on any atom is 0.127 e. The number of ether oxygens (including phenoxy) is 2. The minimum atomic E-state index is 0.653. The smallest absolute Gasteiger partial charge is 0.127 e. The number of unbranched alkanes of at least 4 members (excludes halogenated alkanes) is 5. The van der Waals surface area contributed by atoms with Crippen molar-refractivity contribution in [1.29, 1.82) is 0 Å². The van der Waals surface area contributed by atoms with E-state index in [-0.39, 0.29) is 0 Å². The van der Waals surface area contributed by atoms with Gasteiger partial charge in [0.15, 0.2) is 0 Å². The van der Waals surface area contributed by atoms with Gasteiger partial charge >= 0.3 is 0 Å². The van der Waals surface area contributed by atoms with E-state index >= 15 is 0 Å². The maximum atomic E-state index is 6.12. The third-order valence-electron chi connectivity index (χ3n) is 4.98. The Morgan fingerprint density at radius 2 is 1.46 bits per heavy atom. The fourth-order valence-corrected chi connectivity index (χ4v) is 2.98. The highest BCUT2D eigenvalue weighted by atomic mass is 16.5. The zero-order chi connectivity index (χ0) is 20.6. The van der Waals surface area contributed by atoms with Crippen LogP contribution >= 0.6 is 0 Å². The summed E-state index contributed by atoms with van der Waals surface area (Å²) in [6, 6.07) is 6.31. The molecule has 0 aliphatic rings. The van der Waals surface area contributed by atoms with Gasteiger partial charge in [0.25, 0.3) is 0 Å². The number of hydrogen-bond acceptors (Lipinski definition) is 3. The van der Waals surface area contributed by atoms with Gasteiger partial charge in [0.05, 0.1) is 13.2 Å². The Kier molecular flexibility index (Phi) is 13.9. The topological polar surface area (TPSA) is 30.5 Å².